The smallest absolute Gasteiger partial charge is 0.240 e. The molecular weight excluding hydrogens is 262 g/mol. The van der Waals surface area contributed by atoms with Crippen molar-refractivity contribution in [1.82, 2.24) is 15.2 Å². The fourth-order valence-electron chi connectivity index (χ4n) is 2.79. The number of nitrogens with zero attached hydrogens (tertiary/aromatic N) is 1. The number of carbonyl (C=O) groups excluding carboxylic acids is 1. The van der Waals surface area contributed by atoms with Crippen LogP contribution in [0.5, 0.6) is 0 Å². The van der Waals surface area contributed by atoms with E-state index in [9.17, 15) is 4.79 Å². The molecule has 1 unspecified atom stereocenters. The predicted molar refractivity (Wildman–Crippen MR) is 87.2 cm³/mol. The second kappa shape index (κ2) is 7.27. The van der Waals surface area contributed by atoms with Crippen molar-refractivity contribution in [2.75, 3.05) is 7.05 Å². The van der Waals surface area contributed by atoms with Gasteiger partial charge in [-0.05, 0) is 37.4 Å². The summed E-state index contributed by atoms with van der Waals surface area (Å²) in [6.07, 6.45) is 4.09. The summed E-state index contributed by atoms with van der Waals surface area (Å²) in [7, 11) is 1.94. The third-order valence-electron chi connectivity index (χ3n) is 3.68. The van der Waals surface area contributed by atoms with E-state index >= 15 is 0 Å². The van der Waals surface area contributed by atoms with Crippen LogP contribution in [0.4, 0.5) is 0 Å². The highest BCUT2D eigenvalue weighted by Crippen LogP contribution is 2.20. The number of aromatic nitrogens is 1. The van der Waals surface area contributed by atoms with Gasteiger partial charge < -0.3 is 15.2 Å². The molecule has 1 heterocycles. The number of nitrogens with one attached hydrogen (secondary N) is 2. The minimum absolute atomic E-state index is 0.0766. The summed E-state index contributed by atoms with van der Waals surface area (Å²) in [6.45, 7) is 5.36. The van der Waals surface area contributed by atoms with E-state index in [0.717, 1.165) is 24.9 Å². The van der Waals surface area contributed by atoms with Gasteiger partial charge in [-0.2, -0.15) is 0 Å². The van der Waals surface area contributed by atoms with Crippen molar-refractivity contribution < 1.29 is 4.79 Å². The van der Waals surface area contributed by atoms with Crippen LogP contribution in [-0.2, 0) is 17.9 Å². The molecule has 0 spiro atoms. The van der Waals surface area contributed by atoms with Gasteiger partial charge in [-0.3, -0.25) is 4.79 Å². The van der Waals surface area contributed by atoms with Crippen molar-refractivity contribution in [3.63, 3.8) is 0 Å². The Morgan fingerprint density at radius 3 is 2.86 bits per heavy atom. The van der Waals surface area contributed by atoms with Crippen molar-refractivity contribution in [2.45, 2.75) is 45.8 Å². The molecule has 2 N–H and O–H groups in total. The molecule has 1 amide bonds. The van der Waals surface area contributed by atoms with E-state index in [4.69, 9.17) is 0 Å². The topological polar surface area (TPSA) is 46.1 Å². The van der Waals surface area contributed by atoms with E-state index in [1.807, 2.05) is 17.8 Å². The molecule has 4 heteroatoms. The zero-order valence-electron chi connectivity index (χ0n) is 13.1. The summed E-state index contributed by atoms with van der Waals surface area (Å²) < 4.78 is 2.04. The van der Waals surface area contributed by atoms with Crippen LogP contribution >= 0.6 is 0 Å². The van der Waals surface area contributed by atoms with Gasteiger partial charge >= 0.3 is 0 Å². The summed E-state index contributed by atoms with van der Waals surface area (Å²) in [6, 6.07) is 8.55. The second-order valence-corrected chi connectivity index (χ2v) is 5.59. The van der Waals surface area contributed by atoms with E-state index in [2.05, 4.69) is 48.7 Å². The molecule has 114 valence electrons. The molecule has 4 nitrogen and oxygen atoms in total. The number of carbonyl (C=O) groups is 1. The zero-order valence-corrected chi connectivity index (χ0v) is 13.1. The summed E-state index contributed by atoms with van der Waals surface area (Å²) in [5, 5.41) is 7.42. The Kier molecular flexibility index (Phi) is 5.39. The van der Waals surface area contributed by atoms with Gasteiger partial charge in [0.1, 0.15) is 6.54 Å². The van der Waals surface area contributed by atoms with E-state index in [1.54, 1.807) is 0 Å². The van der Waals surface area contributed by atoms with Crippen LogP contribution in [-0.4, -0.2) is 23.6 Å². The van der Waals surface area contributed by atoms with Gasteiger partial charge in [0.15, 0.2) is 0 Å². The standard InChI is InChI=1S/C17H25N3O/c1-4-6-13(2)19-16(21)12-20-10-9-14-7-5-8-15(11-18-3)17(14)20/h5,7-10,13,18H,4,6,11-12H2,1-3H3,(H,19,21). The average Bonchev–Trinajstić information content (AvgIpc) is 2.83. The first kappa shape index (κ1) is 15.6. The molecule has 0 fully saturated rings. The van der Waals surface area contributed by atoms with Gasteiger partial charge in [-0.1, -0.05) is 31.5 Å². The molecule has 1 atom stereocenters. The van der Waals surface area contributed by atoms with Gasteiger partial charge in [0.25, 0.3) is 0 Å². The molecule has 0 aliphatic carbocycles. The third kappa shape index (κ3) is 3.85. The van der Waals surface area contributed by atoms with Crippen molar-refractivity contribution in [3.8, 4) is 0 Å². The molecule has 1 aromatic carbocycles. The van der Waals surface area contributed by atoms with Gasteiger partial charge in [-0.25, -0.2) is 0 Å². The molecule has 0 saturated carbocycles. The molecule has 0 aliphatic heterocycles. The molecule has 0 radical (unpaired) electrons. The molecule has 0 saturated heterocycles. The maximum atomic E-state index is 12.2. The fraction of sp³-hybridized carbons (Fsp3) is 0.471. The van der Waals surface area contributed by atoms with E-state index in [0.29, 0.717) is 6.54 Å². The van der Waals surface area contributed by atoms with Crippen molar-refractivity contribution >= 4 is 16.8 Å². The Labute approximate surface area is 126 Å². The van der Waals surface area contributed by atoms with Crippen LogP contribution in [0.15, 0.2) is 30.5 Å². The Balaban J connectivity index is 2.16. The van der Waals surface area contributed by atoms with Gasteiger partial charge in [-0.15, -0.1) is 0 Å². The Morgan fingerprint density at radius 2 is 2.14 bits per heavy atom. The number of hydrogen-bond donors (Lipinski definition) is 2. The molecule has 0 aliphatic rings. The van der Waals surface area contributed by atoms with E-state index in [-0.39, 0.29) is 11.9 Å². The van der Waals surface area contributed by atoms with Crippen molar-refractivity contribution in [1.29, 1.82) is 0 Å². The molecule has 0 bridgehead atoms. The quantitative estimate of drug-likeness (QED) is 0.822. The first-order valence-corrected chi connectivity index (χ1v) is 7.66. The first-order valence-electron chi connectivity index (χ1n) is 7.66. The molecule has 2 aromatic rings. The largest absolute Gasteiger partial charge is 0.352 e. The van der Waals surface area contributed by atoms with Crippen LogP contribution in [0.25, 0.3) is 10.9 Å². The second-order valence-electron chi connectivity index (χ2n) is 5.59. The Morgan fingerprint density at radius 1 is 1.33 bits per heavy atom. The lowest BCUT2D eigenvalue weighted by molar-refractivity contribution is -0.122. The van der Waals surface area contributed by atoms with E-state index in [1.165, 1.54) is 10.9 Å². The normalized spacial score (nSPS) is 12.5. The van der Waals surface area contributed by atoms with Crippen LogP contribution in [0.2, 0.25) is 0 Å². The lowest BCUT2D eigenvalue weighted by Crippen LogP contribution is -2.34. The van der Waals surface area contributed by atoms with Crippen molar-refractivity contribution in [2.24, 2.45) is 0 Å². The third-order valence-corrected chi connectivity index (χ3v) is 3.68. The molecule has 21 heavy (non-hydrogen) atoms. The van der Waals surface area contributed by atoms with Crippen LogP contribution in [0, 0.1) is 0 Å². The minimum Gasteiger partial charge on any atom is -0.352 e. The lowest BCUT2D eigenvalue weighted by atomic mass is 10.1. The van der Waals surface area contributed by atoms with Gasteiger partial charge in [0.05, 0.1) is 5.52 Å². The van der Waals surface area contributed by atoms with Gasteiger partial charge in [0, 0.05) is 18.8 Å². The maximum Gasteiger partial charge on any atom is 0.240 e. The molecular formula is C17H25N3O. The van der Waals surface area contributed by atoms with E-state index < -0.39 is 0 Å². The average molecular weight is 287 g/mol. The highest BCUT2D eigenvalue weighted by molar-refractivity contribution is 5.85. The van der Waals surface area contributed by atoms with Gasteiger partial charge in [0.2, 0.25) is 5.91 Å². The fourth-order valence-corrected chi connectivity index (χ4v) is 2.79. The van der Waals surface area contributed by atoms with Crippen molar-refractivity contribution in [3.05, 3.63) is 36.0 Å². The summed E-state index contributed by atoms with van der Waals surface area (Å²) in [5.74, 6) is 0.0766. The number of amides is 1. The van der Waals surface area contributed by atoms with Crippen LogP contribution < -0.4 is 10.6 Å². The highest BCUT2D eigenvalue weighted by atomic mass is 16.2. The lowest BCUT2D eigenvalue weighted by Gasteiger charge is -2.14. The zero-order chi connectivity index (χ0) is 15.2. The highest BCUT2D eigenvalue weighted by Gasteiger charge is 2.11. The molecule has 2 rings (SSSR count). The Hall–Kier alpha value is -1.81. The number of fused-ring (bicyclic) bond motifs is 1. The maximum absolute atomic E-state index is 12.2. The minimum atomic E-state index is 0.0766. The monoisotopic (exact) mass is 287 g/mol. The SMILES string of the molecule is CCCC(C)NC(=O)Cn1ccc2cccc(CNC)c21. The molecule has 1 aromatic heterocycles. The number of benzene rings is 1. The number of para-hydroxylation sites is 1. The predicted octanol–water partition coefficient (Wildman–Crippen LogP) is 2.67. The van der Waals surface area contributed by atoms with Crippen LogP contribution in [0.3, 0.4) is 0 Å². The number of hydrogen-bond acceptors (Lipinski definition) is 2. The van der Waals surface area contributed by atoms with Crippen LogP contribution in [0.1, 0.15) is 32.3 Å². The Bertz CT molecular complexity index is 603. The first-order chi connectivity index (χ1) is 10.2. The summed E-state index contributed by atoms with van der Waals surface area (Å²) >= 11 is 0. The summed E-state index contributed by atoms with van der Waals surface area (Å²) in [4.78, 5) is 12.2. The number of rotatable bonds is 7. The summed E-state index contributed by atoms with van der Waals surface area (Å²) in [5.41, 5.74) is 2.36.